The normalized spacial score (nSPS) is 24.0. The molecule has 1 aliphatic rings. The first-order valence-electron chi connectivity index (χ1n) is 3.19. The van der Waals surface area contributed by atoms with Crippen LogP contribution in [0.2, 0.25) is 0 Å². The van der Waals surface area contributed by atoms with Crippen LogP contribution in [-0.2, 0) is 9.53 Å². The van der Waals surface area contributed by atoms with E-state index in [0.717, 1.165) is 11.1 Å². The Balaban J connectivity index is 2.85. The zero-order valence-corrected chi connectivity index (χ0v) is 6.18. The van der Waals surface area contributed by atoms with Crippen molar-refractivity contribution in [3.05, 3.63) is 23.8 Å². The minimum atomic E-state index is -0.259. The Morgan fingerprint density at radius 3 is 2.60 bits per heavy atom. The Bertz CT molecular complexity index is 213. The van der Waals surface area contributed by atoms with Crippen molar-refractivity contribution in [2.45, 2.75) is 20.0 Å². The van der Waals surface area contributed by atoms with Gasteiger partial charge in [-0.15, -0.1) is 0 Å². The van der Waals surface area contributed by atoms with Gasteiger partial charge in [0.15, 0.2) is 0 Å². The van der Waals surface area contributed by atoms with E-state index in [-0.39, 0.29) is 12.1 Å². The van der Waals surface area contributed by atoms with E-state index in [1.54, 1.807) is 0 Å². The Kier molecular flexibility index (Phi) is 1.62. The van der Waals surface area contributed by atoms with Crippen LogP contribution in [0.4, 0.5) is 0 Å². The summed E-state index contributed by atoms with van der Waals surface area (Å²) in [5.41, 5.74) is 1.81. The molecule has 1 heterocycles. The molecule has 0 spiro atoms. The number of hydrogen-bond acceptors (Lipinski definition) is 2. The first-order chi connectivity index (χ1) is 4.61. The van der Waals surface area contributed by atoms with E-state index < -0.39 is 0 Å². The molecule has 0 aromatic carbocycles. The topological polar surface area (TPSA) is 26.3 Å². The van der Waals surface area contributed by atoms with Gasteiger partial charge in [-0.05, 0) is 13.8 Å². The largest absolute Gasteiger partial charge is 0.455 e. The highest BCUT2D eigenvalue weighted by Gasteiger charge is 2.21. The number of esters is 1. The standard InChI is InChI=1S/C8H10O2/c1-5(2)7-4-8(9)10-6(7)3/h4,6H,1H2,2-3H3. The van der Waals surface area contributed by atoms with Gasteiger partial charge in [0.1, 0.15) is 6.10 Å². The Morgan fingerprint density at radius 2 is 2.40 bits per heavy atom. The summed E-state index contributed by atoms with van der Waals surface area (Å²) in [7, 11) is 0. The quantitative estimate of drug-likeness (QED) is 0.512. The van der Waals surface area contributed by atoms with Crippen LogP contribution >= 0.6 is 0 Å². The van der Waals surface area contributed by atoms with E-state index in [4.69, 9.17) is 4.74 Å². The molecule has 0 bridgehead atoms. The molecule has 54 valence electrons. The van der Waals surface area contributed by atoms with Crippen molar-refractivity contribution in [3.8, 4) is 0 Å². The van der Waals surface area contributed by atoms with Gasteiger partial charge in [0.25, 0.3) is 0 Å². The third-order valence-electron chi connectivity index (χ3n) is 1.50. The first kappa shape index (κ1) is 7.06. The maximum atomic E-state index is 10.6. The minimum Gasteiger partial charge on any atom is -0.455 e. The molecular formula is C8H10O2. The molecule has 1 rings (SSSR count). The lowest BCUT2D eigenvalue weighted by molar-refractivity contribution is -0.138. The van der Waals surface area contributed by atoms with Gasteiger partial charge in [0, 0.05) is 11.6 Å². The van der Waals surface area contributed by atoms with Crippen LogP contribution < -0.4 is 0 Å². The Labute approximate surface area is 60.2 Å². The second-order valence-corrected chi connectivity index (χ2v) is 2.46. The zero-order valence-electron chi connectivity index (χ0n) is 6.18. The van der Waals surface area contributed by atoms with Gasteiger partial charge >= 0.3 is 5.97 Å². The monoisotopic (exact) mass is 138 g/mol. The highest BCUT2D eigenvalue weighted by Crippen LogP contribution is 2.20. The predicted octanol–water partition coefficient (Wildman–Crippen LogP) is 1.43. The summed E-state index contributed by atoms with van der Waals surface area (Å²) in [4.78, 5) is 10.6. The molecule has 0 aromatic rings. The van der Waals surface area contributed by atoms with Crippen LogP contribution in [0.5, 0.6) is 0 Å². The van der Waals surface area contributed by atoms with Crippen molar-refractivity contribution in [1.82, 2.24) is 0 Å². The average Bonchev–Trinajstić information content (AvgIpc) is 2.10. The Morgan fingerprint density at radius 1 is 1.80 bits per heavy atom. The predicted molar refractivity (Wildman–Crippen MR) is 38.5 cm³/mol. The van der Waals surface area contributed by atoms with Crippen LogP contribution in [0, 0.1) is 0 Å². The molecule has 10 heavy (non-hydrogen) atoms. The molecule has 0 saturated heterocycles. The zero-order chi connectivity index (χ0) is 7.72. The maximum absolute atomic E-state index is 10.6. The molecule has 2 heteroatoms. The fraction of sp³-hybridized carbons (Fsp3) is 0.375. The van der Waals surface area contributed by atoms with Crippen LogP contribution in [0.25, 0.3) is 0 Å². The number of cyclic esters (lactones) is 1. The molecule has 0 saturated carbocycles. The average molecular weight is 138 g/mol. The summed E-state index contributed by atoms with van der Waals surface area (Å²) in [5, 5.41) is 0. The highest BCUT2D eigenvalue weighted by atomic mass is 16.5. The fourth-order valence-electron chi connectivity index (χ4n) is 0.986. The van der Waals surface area contributed by atoms with Crippen molar-refractivity contribution in [2.24, 2.45) is 0 Å². The summed E-state index contributed by atoms with van der Waals surface area (Å²) >= 11 is 0. The third kappa shape index (κ3) is 1.10. The van der Waals surface area contributed by atoms with Gasteiger partial charge in [-0.3, -0.25) is 0 Å². The maximum Gasteiger partial charge on any atom is 0.331 e. The summed E-state index contributed by atoms with van der Waals surface area (Å²) in [6, 6.07) is 0. The number of ether oxygens (including phenoxy) is 1. The van der Waals surface area contributed by atoms with Gasteiger partial charge in [0.05, 0.1) is 0 Å². The van der Waals surface area contributed by atoms with E-state index in [1.165, 1.54) is 6.08 Å². The summed E-state index contributed by atoms with van der Waals surface area (Å²) in [6.45, 7) is 7.43. The van der Waals surface area contributed by atoms with E-state index in [9.17, 15) is 4.79 Å². The SMILES string of the molecule is C=C(C)C1=CC(=O)OC1C. The highest BCUT2D eigenvalue weighted by molar-refractivity contribution is 5.87. The number of carbonyl (C=O) groups is 1. The molecule has 0 fully saturated rings. The lowest BCUT2D eigenvalue weighted by Crippen LogP contribution is -2.06. The number of carbonyl (C=O) groups excluding carboxylic acids is 1. The molecule has 1 atom stereocenters. The third-order valence-corrected chi connectivity index (χ3v) is 1.50. The Hall–Kier alpha value is -1.05. The second-order valence-electron chi connectivity index (χ2n) is 2.46. The van der Waals surface area contributed by atoms with Crippen molar-refractivity contribution in [2.75, 3.05) is 0 Å². The van der Waals surface area contributed by atoms with Crippen LogP contribution in [0.3, 0.4) is 0 Å². The fourth-order valence-corrected chi connectivity index (χ4v) is 0.986. The van der Waals surface area contributed by atoms with E-state index in [0.29, 0.717) is 0 Å². The van der Waals surface area contributed by atoms with Crippen LogP contribution in [-0.4, -0.2) is 12.1 Å². The molecule has 0 N–H and O–H groups in total. The van der Waals surface area contributed by atoms with Gasteiger partial charge in [-0.25, -0.2) is 4.79 Å². The lowest BCUT2D eigenvalue weighted by Gasteiger charge is -2.06. The van der Waals surface area contributed by atoms with Crippen molar-refractivity contribution < 1.29 is 9.53 Å². The second kappa shape index (κ2) is 2.29. The van der Waals surface area contributed by atoms with Crippen molar-refractivity contribution in [1.29, 1.82) is 0 Å². The van der Waals surface area contributed by atoms with E-state index >= 15 is 0 Å². The van der Waals surface area contributed by atoms with E-state index in [2.05, 4.69) is 6.58 Å². The van der Waals surface area contributed by atoms with Gasteiger partial charge in [-0.1, -0.05) is 12.2 Å². The molecule has 0 radical (unpaired) electrons. The van der Waals surface area contributed by atoms with Crippen LogP contribution in [0.15, 0.2) is 23.8 Å². The molecule has 0 aliphatic carbocycles. The summed E-state index contributed by atoms with van der Waals surface area (Å²) in [5.74, 6) is -0.259. The van der Waals surface area contributed by atoms with E-state index in [1.807, 2.05) is 13.8 Å². The molecule has 1 aliphatic heterocycles. The molecule has 0 aromatic heterocycles. The number of rotatable bonds is 1. The van der Waals surface area contributed by atoms with Gasteiger partial charge < -0.3 is 4.74 Å². The molecule has 0 amide bonds. The van der Waals surface area contributed by atoms with Crippen molar-refractivity contribution in [3.63, 3.8) is 0 Å². The summed E-state index contributed by atoms with van der Waals surface area (Å²) in [6.07, 6.45) is 1.39. The molecule has 2 nitrogen and oxygen atoms in total. The first-order valence-corrected chi connectivity index (χ1v) is 3.19. The minimum absolute atomic E-state index is 0.106. The summed E-state index contributed by atoms with van der Waals surface area (Å²) < 4.78 is 4.84. The molecule has 1 unspecified atom stereocenters. The van der Waals surface area contributed by atoms with Crippen LogP contribution in [0.1, 0.15) is 13.8 Å². The molecular weight excluding hydrogens is 128 g/mol. The van der Waals surface area contributed by atoms with Gasteiger partial charge in [0.2, 0.25) is 0 Å². The van der Waals surface area contributed by atoms with Crippen molar-refractivity contribution >= 4 is 5.97 Å². The smallest absolute Gasteiger partial charge is 0.331 e. The van der Waals surface area contributed by atoms with Gasteiger partial charge in [-0.2, -0.15) is 0 Å². The number of hydrogen-bond donors (Lipinski definition) is 0. The lowest BCUT2D eigenvalue weighted by atomic mass is 10.1.